The summed E-state index contributed by atoms with van der Waals surface area (Å²) < 4.78 is 6.59. The van der Waals surface area contributed by atoms with E-state index in [1.54, 1.807) is 30.3 Å². The number of aryl methyl sites for hydroxylation is 1. The van der Waals surface area contributed by atoms with E-state index in [1.807, 2.05) is 25.1 Å². The molecular formula is C19H19N3O4. The van der Waals surface area contributed by atoms with Gasteiger partial charge in [0.1, 0.15) is 18.5 Å². The molecule has 0 aliphatic carbocycles. The molecule has 0 aliphatic heterocycles. The predicted molar refractivity (Wildman–Crippen MR) is 97.2 cm³/mol. The highest BCUT2D eigenvalue weighted by Gasteiger charge is 2.16. The minimum atomic E-state index is -0.984. The van der Waals surface area contributed by atoms with Crippen molar-refractivity contribution in [2.45, 2.75) is 19.6 Å². The highest BCUT2D eigenvalue weighted by molar-refractivity contribution is 6.03. The molecule has 0 radical (unpaired) electrons. The molecule has 0 bridgehead atoms. The molecule has 0 fully saturated rings. The quantitative estimate of drug-likeness (QED) is 0.693. The number of carbonyl (C=O) groups is 1. The molecule has 0 saturated carbocycles. The van der Waals surface area contributed by atoms with Crippen LogP contribution in [0.1, 0.15) is 16.1 Å². The van der Waals surface area contributed by atoms with Crippen molar-refractivity contribution < 1.29 is 14.6 Å². The smallest absolute Gasteiger partial charge is 0.274 e. The van der Waals surface area contributed by atoms with Gasteiger partial charge >= 0.3 is 0 Å². The van der Waals surface area contributed by atoms with Crippen LogP contribution in [0.3, 0.4) is 0 Å². The Morgan fingerprint density at radius 2 is 1.96 bits per heavy atom. The molecule has 0 aliphatic rings. The van der Waals surface area contributed by atoms with Crippen LogP contribution in [0.15, 0.2) is 53.3 Å². The van der Waals surface area contributed by atoms with Gasteiger partial charge in [-0.3, -0.25) is 9.59 Å². The highest BCUT2D eigenvalue weighted by Crippen LogP contribution is 2.14. The number of ether oxygens (including phenoxy) is 1. The molecule has 7 nitrogen and oxygen atoms in total. The summed E-state index contributed by atoms with van der Waals surface area (Å²) in [5.74, 6) is -0.110. The van der Waals surface area contributed by atoms with Crippen LogP contribution in [0.25, 0.3) is 10.8 Å². The molecule has 2 aromatic carbocycles. The van der Waals surface area contributed by atoms with Crippen molar-refractivity contribution in [1.82, 2.24) is 9.78 Å². The molecule has 0 saturated heterocycles. The Morgan fingerprint density at radius 1 is 1.23 bits per heavy atom. The summed E-state index contributed by atoms with van der Waals surface area (Å²) in [5.41, 5.74) is 6.00. The van der Waals surface area contributed by atoms with Crippen molar-refractivity contribution in [3.05, 3.63) is 70.1 Å². The fraction of sp³-hybridized carbons (Fsp3) is 0.211. The zero-order valence-corrected chi connectivity index (χ0v) is 14.3. The maximum Gasteiger partial charge on any atom is 0.274 e. The minimum Gasteiger partial charge on any atom is -0.491 e. The molecular weight excluding hydrogens is 334 g/mol. The number of hydrogen-bond acceptors (Lipinski definition) is 5. The van der Waals surface area contributed by atoms with Gasteiger partial charge in [0.2, 0.25) is 0 Å². The fourth-order valence-electron chi connectivity index (χ4n) is 2.69. The van der Waals surface area contributed by atoms with Gasteiger partial charge in [-0.2, -0.15) is 5.10 Å². The number of fused-ring (bicyclic) bond motifs is 1. The van der Waals surface area contributed by atoms with Gasteiger partial charge in [0.05, 0.1) is 11.9 Å². The first kappa shape index (κ1) is 17.6. The van der Waals surface area contributed by atoms with Gasteiger partial charge in [0.25, 0.3) is 11.5 Å². The van der Waals surface area contributed by atoms with Gasteiger partial charge in [-0.25, -0.2) is 4.68 Å². The molecule has 0 spiro atoms. The zero-order chi connectivity index (χ0) is 18.7. The van der Waals surface area contributed by atoms with E-state index in [9.17, 15) is 14.7 Å². The van der Waals surface area contributed by atoms with Gasteiger partial charge in [-0.05, 0) is 30.7 Å². The van der Waals surface area contributed by atoms with Gasteiger partial charge in [-0.1, -0.05) is 30.3 Å². The van der Waals surface area contributed by atoms with Crippen molar-refractivity contribution in [2.75, 3.05) is 6.61 Å². The number of aromatic nitrogens is 2. The zero-order valence-electron chi connectivity index (χ0n) is 14.3. The standard InChI is InChI=1S/C19H19N3O4/c1-12-5-4-6-14(9-12)26-11-13(23)10-22-19(25)16-8-3-2-7-15(16)17(21-22)18(20)24/h2-9,13,23H,10-11H2,1H3,(H2,20,24)/t13-/m0/s1. The van der Waals surface area contributed by atoms with Crippen molar-refractivity contribution in [1.29, 1.82) is 0 Å². The van der Waals surface area contributed by atoms with Crippen LogP contribution < -0.4 is 16.0 Å². The summed E-state index contributed by atoms with van der Waals surface area (Å²) in [6.45, 7) is 1.80. The van der Waals surface area contributed by atoms with E-state index >= 15 is 0 Å². The minimum absolute atomic E-state index is 0.00741. The molecule has 7 heteroatoms. The molecule has 1 aromatic heterocycles. The summed E-state index contributed by atoms with van der Waals surface area (Å²) in [4.78, 5) is 24.2. The second kappa shape index (κ2) is 7.37. The number of nitrogens with two attached hydrogens (primary N) is 1. The van der Waals surface area contributed by atoms with Crippen LogP contribution in [0.5, 0.6) is 5.75 Å². The Labute approximate surface area is 149 Å². The van der Waals surface area contributed by atoms with Crippen LogP contribution in [0.4, 0.5) is 0 Å². The van der Waals surface area contributed by atoms with Crippen LogP contribution in [0.2, 0.25) is 0 Å². The highest BCUT2D eigenvalue weighted by atomic mass is 16.5. The van der Waals surface area contributed by atoms with Gasteiger partial charge in [0.15, 0.2) is 5.69 Å². The number of carbonyl (C=O) groups excluding carboxylic acids is 1. The van der Waals surface area contributed by atoms with E-state index in [2.05, 4.69) is 5.10 Å². The van der Waals surface area contributed by atoms with E-state index < -0.39 is 17.6 Å². The molecule has 1 amide bonds. The fourth-order valence-corrected chi connectivity index (χ4v) is 2.69. The first-order valence-electron chi connectivity index (χ1n) is 8.13. The van der Waals surface area contributed by atoms with E-state index in [-0.39, 0.29) is 18.8 Å². The van der Waals surface area contributed by atoms with Crippen LogP contribution in [-0.2, 0) is 6.54 Å². The third-order valence-electron chi connectivity index (χ3n) is 3.92. The average molecular weight is 353 g/mol. The molecule has 1 heterocycles. The van der Waals surface area contributed by atoms with Gasteiger partial charge in [-0.15, -0.1) is 0 Å². The van der Waals surface area contributed by atoms with Crippen LogP contribution in [-0.4, -0.2) is 33.5 Å². The Morgan fingerprint density at radius 3 is 2.65 bits per heavy atom. The Kier molecular flexibility index (Phi) is 4.99. The Bertz CT molecular complexity index is 1010. The number of aliphatic hydroxyl groups excluding tert-OH is 1. The van der Waals surface area contributed by atoms with E-state index in [4.69, 9.17) is 10.5 Å². The molecule has 0 unspecified atom stereocenters. The summed E-state index contributed by atoms with van der Waals surface area (Å²) >= 11 is 0. The lowest BCUT2D eigenvalue weighted by Gasteiger charge is -2.15. The number of amides is 1. The maximum absolute atomic E-state index is 12.6. The van der Waals surface area contributed by atoms with Gasteiger partial charge < -0.3 is 15.6 Å². The van der Waals surface area contributed by atoms with Crippen molar-refractivity contribution >= 4 is 16.7 Å². The number of primary amides is 1. The number of hydrogen-bond donors (Lipinski definition) is 2. The van der Waals surface area contributed by atoms with Crippen LogP contribution in [0, 0.1) is 6.92 Å². The Hall–Kier alpha value is -3.19. The number of aliphatic hydroxyl groups is 1. The van der Waals surface area contributed by atoms with Crippen molar-refractivity contribution in [2.24, 2.45) is 5.73 Å². The number of nitrogens with zero attached hydrogens (tertiary/aromatic N) is 2. The SMILES string of the molecule is Cc1cccc(OC[C@@H](O)Cn2nc(C(N)=O)c3ccccc3c2=O)c1. The third kappa shape index (κ3) is 3.73. The van der Waals surface area contributed by atoms with Crippen LogP contribution >= 0.6 is 0 Å². The molecule has 26 heavy (non-hydrogen) atoms. The molecule has 134 valence electrons. The molecule has 3 rings (SSSR count). The maximum atomic E-state index is 12.6. The normalized spacial score (nSPS) is 12.1. The van der Waals surface area contributed by atoms with Crippen molar-refractivity contribution in [3.63, 3.8) is 0 Å². The first-order chi connectivity index (χ1) is 12.5. The molecule has 3 aromatic rings. The first-order valence-corrected chi connectivity index (χ1v) is 8.13. The summed E-state index contributed by atoms with van der Waals surface area (Å²) in [6, 6.07) is 14.0. The third-order valence-corrected chi connectivity index (χ3v) is 3.92. The Balaban J connectivity index is 1.83. The lowest BCUT2D eigenvalue weighted by molar-refractivity contribution is 0.0871. The second-order valence-electron chi connectivity index (χ2n) is 6.03. The van der Waals surface area contributed by atoms with E-state index in [0.29, 0.717) is 16.5 Å². The van der Waals surface area contributed by atoms with Crippen molar-refractivity contribution in [3.8, 4) is 5.75 Å². The van der Waals surface area contributed by atoms with Gasteiger partial charge in [0, 0.05) is 5.39 Å². The lowest BCUT2D eigenvalue weighted by Crippen LogP contribution is -2.34. The number of benzene rings is 2. The summed E-state index contributed by atoms with van der Waals surface area (Å²) in [6.07, 6.45) is -0.984. The van der Waals surface area contributed by atoms with E-state index in [1.165, 1.54) is 0 Å². The van der Waals surface area contributed by atoms with E-state index in [0.717, 1.165) is 10.2 Å². The molecule has 1 atom stereocenters. The monoisotopic (exact) mass is 353 g/mol. The summed E-state index contributed by atoms with van der Waals surface area (Å²) in [7, 11) is 0. The largest absolute Gasteiger partial charge is 0.491 e. The molecule has 3 N–H and O–H groups in total. The average Bonchev–Trinajstić information content (AvgIpc) is 2.62. The second-order valence-corrected chi connectivity index (χ2v) is 6.03. The number of rotatable bonds is 6. The predicted octanol–water partition coefficient (Wildman–Crippen LogP) is 1.24. The summed E-state index contributed by atoms with van der Waals surface area (Å²) in [5, 5.41) is 15.0. The lowest BCUT2D eigenvalue weighted by atomic mass is 10.1. The topological polar surface area (TPSA) is 107 Å².